The van der Waals surface area contributed by atoms with Crippen molar-refractivity contribution in [2.24, 2.45) is 0 Å². The number of unbranched alkanes of at least 4 members (excludes halogenated alkanes) is 1. The van der Waals surface area contributed by atoms with Crippen molar-refractivity contribution in [2.75, 3.05) is 6.61 Å². The topological polar surface area (TPSA) is 20.2 Å². The molecular formula is C4H9Cl3OSn. The molecule has 0 saturated heterocycles. The Morgan fingerprint density at radius 2 is 1.67 bits per heavy atom. The van der Waals surface area contributed by atoms with Crippen molar-refractivity contribution in [3.63, 3.8) is 0 Å². The Hall–Kier alpha value is 1.63. The zero-order valence-corrected chi connectivity index (χ0v) is 10.0. The number of aliphatic hydroxyl groups excluding tert-OH is 1. The first-order chi connectivity index (χ1) is 4.06. The van der Waals surface area contributed by atoms with Crippen LogP contribution in [0.1, 0.15) is 12.8 Å². The molecule has 0 aromatic heterocycles. The molecular weight excluding hydrogens is 289 g/mol. The fourth-order valence-electron chi connectivity index (χ4n) is 0.437. The Kier molecular flexibility index (Phi) is 6.26. The van der Waals surface area contributed by atoms with Gasteiger partial charge in [0.1, 0.15) is 0 Å². The number of hydrogen-bond acceptors (Lipinski definition) is 1. The maximum absolute atomic E-state index is 8.36. The van der Waals surface area contributed by atoms with Crippen LogP contribution < -0.4 is 0 Å². The normalized spacial score (nSPS) is 12.0. The second kappa shape index (κ2) is 5.30. The summed E-state index contributed by atoms with van der Waals surface area (Å²) in [5.74, 6) is 0. The number of aliphatic hydroxyl groups is 1. The molecule has 0 atom stereocenters. The van der Waals surface area contributed by atoms with Crippen LogP contribution in [0, 0.1) is 0 Å². The van der Waals surface area contributed by atoms with E-state index in [2.05, 4.69) is 0 Å². The van der Waals surface area contributed by atoms with E-state index in [-0.39, 0.29) is 6.61 Å². The van der Waals surface area contributed by atoms with Crippen molar-refractivity contribution in [2.45, 2.75) is 17.3 Å². The van der Waals surface area contributed by atoms with E-state index in [0.29, 0.717) is 0 Å². The van der Waals surface area contributed by atoms with Crippen LogP contribution in [0.5, 0.6) is 0 Å². The second-order valence-corrected chi connectivity index (χ2v) is 23.6. The molecule has 56 valence electrons. The molecule has 0 amide bonds. The Balaban J connectivity index is 3.07. The van der Waals surface area contributed by atoms with Gasteiger partial charge >= 0.3 is 70.8 Å². The Morgan fingerprint density at radius 3 is 2.00 bits per heavy atom. The summed E-state index contributed by atoms with van der Waals surface area (Å²) < 4.78 is 0.722. The molecule has 0 spiro atoms. The molecule has 0 aliphatic heterocycles. The molecule has 5 heteroatoms. The summed E-state index contributed by atoms with van der Waals surface area (Å²) in [5.41, 5.74) is 0. The molecule has 0 aliphatic rings. The summed E-state index contributed by atoms with van der Waals surface area (Å²) in [5, 5.41) is 8.36. The van der Waals surface area contributed by atoms with E-state index in [9.17, 15) is 0 Å². The Bertz CT molecular complexity index is 72.7. The average molecular weight is 298 g/mol. The van der Waals surface area contributed by atoms with Gasteiger partial charge in [-0.2, -0.15) is 0 Å². The van der Waals surface area contributed by atoms with Crippen molar-refractivity contribution >= 4 is 41.8 Å². The summed E-state index contributed by atoms with van der Waals surface area (Å²) in [6.07, 6.45) is 1.61. The molecule has 0 radical (unpaired) electrons. The summed E-state index contributed by atoms with van der Waals surface area (Å²) >= 11 is -3.03. The van der Waals surface area contributed by atoms with Crippen molar-refractivity contribution in [3.8, 4) is 0 Å². The third-order valence-corrected chi connectivity index (χ3v) is 7.30. The summed E-state index contributed by atoms with van der Waals surface area (Å²) in [6, 6.07) is 0. The molecule has 0 rings (SSSR count). The third kappa shape index (κ3) is 9.63. The van der Waals surface area contributed by atoms with Gasteiger partial charge in [-0.15, -0.1) is 0 Å². The fourth-order valence-corrected chi connectivity index (χ4v) is 4.98. The molecule has 0 aromatic rings. The zero-order valence-electron chi connectivity index (χ0n) is 4.91. The van der Waals surface area contributed by atoms with Gasteiger partial charge in [0.05, 0.1) is 0 Å². The molecule has 0 bridgehead atoms. The van der Waals surface area contributed by atoms with Gasteiger partial charge in [0.25, 0.3) is 0 Å². The Morgan fingerprint density at radius 1 is 1.11 bits per heavy atom. The van der Waals surface area contributed by atoms with Crippen LogP contribution in [0.15, 0.2) is 0 Å². The van der Waals surface area contributed by atoms with Crippen LogP contribution in [0.3, 0.4) is 0 Å². The van der Waals surface area contributed by atoms with Gasteiger partial charge in [-0.1, -0.05) is 0 Å². The molecule has 0 fully saturated rings. The van der Waals surface area contributed by atoms with Crippen LogP contribution in [0.25, 0.3) is 0 Å². The van der Waals surface area contributed by atoms with Crippen LogP contribution in [0.4, 0.5) is 0 Å². The molecule has 0 unspecified atom stereocenters. The standard InChI is InChI=1S/C4H9O.3ClH.Sn/c1-2-3-4-5;;;;/h5H,1-4H2;3*1H;/q;;;;+3/p-3. The van der Waals surface area contributed by atoms with Gasteiger partial charge in [-0.3, -0.25) is 0 Å². The van der Waals surface area contributed by atoms with Crippen LogP contribution in [-0.2, 0) is 0 Å². The quantitative estimate of drug-likeness (QED) is 0.624. The van der Waals surface area contributed by atoms with Gasteiger partial charge < -0.3 is 0 Å². The van der Waals surface area contributed by atoms with Crippen LogP contribution in [-0.4, -0.2) is 26.7 Å². The SMILES string of the molecule is OCCC[CH2][Sn]([Cl])([Cl])[Cl]. The van der Waals surface area contributed by atoms with Crippen molar-refractivity contribution in [1.29, 1.82) is 0 Å². The minimum absolute atomic E-state index is 0.201. The number of halogens is 3. The third-order valence-electron chi connectivity index (χ3n) is 0.868. The summed E-state index contributed by atoms with van der Waals surface area (Å²) in [6.45, 7) is 0.201. The van der Waals surface area contributed by atoms with E-state index in [1.807, 2.05) is 0 Å². The molecule has 0 aromatic carbocycles. The first-order valence-electron chi connectivity index (χ1n) is 2.74. The molecule has 9 heavy (non-hydrogen) atoms. The van der Waals surface area contributed by atoms with E-state index in [1.54, 1.807) is 0 Å². The van der Waals surface area contributed by atoms with Gasteiger partial charge in [0.15, 0.2) is 0 Å². The molecule has 0 saturated carbocycles. The fraction of sp³-hybridized carbons (Fsp3) is 1.00. The number of rotatable bonds is 4. The maximum atomic E-state index is 8.36. The Labute approximate surface area is 70.3 Å². The van der Waals surface area contributed by atoms with E-state index >= 15 is 0 Å². The van der Waals surface area contributed by atoms with E-state index in [1.165, 1.54) is 0 Å². The second-order valence-electron chi connectivity index (χ2n) is 1.80. The first-order valence-corrected chi connectivity index (χ1v) is 15.6. The van der Waals surface area contributed by atoms with Gasteiger partial charge in [0.2, 0.25) is 0 Å². The summed E-state index contributed by atoms with van der Waals surface area (Å²) in [4.78, 5) is 0. The zero-order chi connectivity index (χ0) is 7.33. The van der Waals surface area contributed by atoms with Crippen molar-refractivity contribution < 1.29 is 5.11 Å². The predicted molar refractivity (Wildman–Crippen MR) is 44.4 cm³/mol. The number of hydrogen-bond donors (Lipinski definition) is 1. The van der Waals surface area contributed by atoms with E-state index in [4.69, 9.17) is 31.9 Å². The van der Waals surface area contributed by atoms with Gasteiger partial charge in [0, 0.05) is 0 Å². The summed E-state index contributed by atoms with van der Waals surface area (Å²) in [7, 11) is 16.9. The minimum atomic E-state index is -3.03. The van der Waals surface area contributed by atoms with Crippen molar-refractivity contribution in [1.82, 2.24) is 0 Å². The van der Waals surface area contributed by atoms with E-state index in [0.717, 1.165) is 17.3 Å². The van der Waals surface area contributed by atoms with E-state index < -0.39 is 15.0 Å². The first kappa shape index (κ1) is 10.6. The van der Waals surface area contributed by atoms with Gasteiger partial charge in [-0.25, -0.2) is 0 Å². The molecule has 0 heterocycles. The predicted octanol–water partition coefficient (Wildman–Crippen LogP) is 2.41. The van der Waals surface area contributed by atoms with Crippen molar-refractivity contribution in [3.05, 3.63) is 0 Å². The van der Waals surface area contributed by atoms with Gasteiger partial charge in [-0.05, 0) is 0 Å². The molecule has 1 N–H and O–H groups in total. The monoisotopic (exact) mass is 298 g/mol. The average Bonchev–Trinajstić information content (AvgIpc) is 1.63. The molecule has 1 nitrogen and oxygen atoms in total. The van der Waals surface area contributed by atoms with Crippen LogP contribution in [0.2, 0.25) is 4.44 Å². The van der Waals surface area contributed by atoms with Crippen LogP contribution >= 0.6 is 26.8 Å². The molecule has 0 aliphatic carbocycles.